The van der Waals surface area contributed by atoms with Crippen LogP contribution in [0.15, 0.2) is 36.4 Å². The summed E-state index contributed by atoms with van der Waals surface area (Å²) in [4.78, 5) is 0. The van der Waals surface area contributed by atoms with Crippen molar-refractivity contribution in [3.05, 3.63) is 58.1 Å². The van der Waals surface area contributed by atoms with Crippen LogP contribution < -0.4 is 10.2 Å². The lowest BCUT2D eigenvalue weighted by molar-refractivity contribution is 0.00578. The van der Waals surface area contributed by atoms with Crippen LogP contribution in [0.3, 0.4) is 0 Å². The Morgan fingerprint density at radius 1 is 1.03 bits per heavy atom. The molecule has 0 saturated carbocycles. The Kier molecular flexibility index (Phi) is 6.70. The second-order valence-corrected chi connectivity index (χ2v) is 10.1. The highest BCUT2D eigenvalue weighted by molar-refractivity contribution is 6.62. The van der Waals surface area contributed by atoms with Gasteiger partial charge < -0.3 is 14.0 Å². The van der Waals surface area contributed by atoms with E-state index in [2.05, 4.69) is 32.0 Å². The third kappa shape index (κ3) is 4.59. The topological polar surface area (TPSA) is 51.5 Å². The average molecular weight is 460 g/mol. The largest absolute Gasteiger partial charge is 0.494 e. The number of nitriles is 1. The molecule has 2 aromatic carbocycles. The van der Waals surface area contributed by atoms with Crippen molar-refractivity contribution >= 4 is 35.8 Å². The number of hydrogen-bond acceptors (Lipinski definition) is 4. The maximum Gasteiger partial charge on any atom is 0.494 e. The van der Waals surface area contributed by atoms with Gasteiger partial charge in [0.1, 0.15) is 12.7 Å². The van der Waals surface area contributed by atoms with Gasteiger partial charge in [0.25, 0.3) is 0 Å². The van der Waals surface area contributed by atoms with E-state index in [4.69, 9.17) is 37.2 Å². The van der Waals surface area contributed by atoms with E-state index in [1.54, 1.807) is 0 Å². The van der Waals surface area contributed by atoms with E-state index in [0.717, 1.165) is 16.6 Å². The van der Waals surface area contributed by atoms with Crippen molar-refractivity contribution in [3.8, 4) is 11.8 Å². The predicted molar refractivity (Wildman–Crippen MR) is 127 cm³/mol. The third-order valence-electron chi connectivity index (χ3n) is 6.37. The summed E-state index contributed by atoms with van der Waals surface area (Å²) in [7, 11) is -0.403. The van der Waals surface area contributed by atoms with Crippen LogP contribution in [-0.2, 0) is 14.7 Å². The second-order valence-electron chi connectivity index (χ2n) is 9.32. The zero-order chi connectivity index (χ0) is 23.0. The van der Waals surface area contributed by atoms with Gasteiger partial charge in [-0.15, -0.1) is 11.6 Å². The fraction of sp³-hybridized carbons (Fsp3) is 0.458. The van der Waals surface area contributed by atoms with E-state index in [9.17, 15) is 5.26 Å². The SMILES string of the molecule is CC(C)(c1ccc(B2OC(C)(C)C(C)(C)O2)cc1)c1cc(Cl)c(OCCCl)c(C#N)c1. The van der Waals surface area contributed by atoms with Crippen LogP contribution in [-0.4, -0.2) is 30.8 Å². The minimum Gasteiger partial charge on any atom is -0.489 e. The number of halogens is 2. The molecule has 0 spiro atoms. The second kappa shape index (κ2) is 8.67. The average Bonchev–Trinajstić information content (AvgIpc) is 2.93. The molecule has 0 aliphatic carbocycles. The van der Waals surface area contributed by atoms with Gasteiger partial charge in [-0.1, -0.05) is 49.7 Å². The molecule has 1 fully saturated rings. The first kappa shape index (κ1) is 23.9. The van der Waals surface area contributed by atoms with Gasteiger partial charge in [0.05, 0.1) is 27.7 Å². The maximum atomic E-state index is 9.60. The van der Waals surface area contributed by atoms with Gasteiger partial charge in [-0.05, 0) is 56.4 Å². The van der Waals surface area contributed by atoms with Crippen LogP contribution in [0.4, 0.5) is 0 Å². The molecule has 7 heteroatoms. The molecule has 0 aromatic heterocycles. The fourth-order valence-corrected chi connectivity index (χ4v) is 3.88. The van der Waals surface area contributed by atoms with E-state index in [1.807, 2.05) is 52.0 Å². The molecule has 164 valence electrons. The van der Waals surface area contributed by atoms with Crippen molar-refractivity contribution in [2.45, 2.75) is 58.2 Å². The lowest BCUT2D eigenvalue weighted by Gasteiger charge is -2.32. The molecule has 0 radical (unpaired) electrons. The Bertz CT molecular complexity index is 981. The van der Waals surface area contributed by atoms with Gasteiger partial charge in [-0.25, -0.2) is 0 Å². The minimum atomic E-state index is -0.403. The normalized spacial score (nSPS) is 17.5. The lowest BCUT2D eigenvalue weighted by Crippen LogP contribution is -2.41. The van der Waals surface area contributed by atoms with E-state index < -0.39 is 7.12 Å². The third-order valence-corrected chi connectivity index (χ3v) is 6.80. The van der Waals surface area contributed by atoms with Crippen LogP contribution >= 0.6 is 23.2 Å². The quantitative estimate of drug-likeness (QED) is 0.425. The zero-order valence-electron chi connectivity index (χ0n) is 18.9. The van der Waals surface area contributed by atoms with Crippen molar-refractivity contribution in [2.24, 2.45) is 0 Å². The number of rotatable bonds is 6. The smallest absolute Gasteiger partial charge is 0.489 e. The molecule has 3 rings (SSSR count). The van der Waals surface area contributed by atoms with Crippen LogP contribution in [0, 0.1) is 11.3 Å². The number of nitrogens with zero attached hydrogens (tertiary/aromatic N) is 1. The number of alkyl halides is 1. The standard InChI is InChI=1S/C24H28BCl2NO3/c1-22(2,18-13-16(15-28)21(20(27)14-18)29-12-11-26)17-7-9-19(10-8-17)25-30-23(3,4)24(5,6)31-25/h7-10,13-14H,11-12H2,1-6H3. The summed E-state index contributed by atoms with van der Waals surface area (Å²) in [5.41, 5.74) is 2.24. The van der Waals surface area contributed by atoms with E-state index in [1.165, 1.54) is 0 Å². The highest BCUT2D eigenvalue weighted by Gasteiger charge is 2.51. The summed E-state index contributed by atoms with van der Waals surface area (Å²) in [6.07, 6.45) is 0. The molecule has 1 heterocycles. The fourth-order valence-electron chi connectivity index (χ4n) is 3.53. The summed E-state index contributed by atoms with van der Waals surface area (Å²) in [5, 5.41) is 10.00. The number of benzene rings is 2. The Morgan fingerprint density at radius 2 is 1.61 bits per heavy atom. The Labute approximate surface area is 195 Å². The molecule has 0 N–H and O–H groups in total. The monoisotopic (exact) mass is 459 g/mol. The Hall–Kier alpha value is -1.71. The Balaban J connectivity index is 1.89. The first-order valence-electron chi connectivity index (χ1n) is 10.3. The maximum absolute atomic E-state index is 9.60. The highest BCUT2D eigenvalue weighted by Crippen LogP contribution is 2.39. The number of hydrogen-bond donors (Lipinski definition) is 0. The molecular formula is C24H28BCl2NO3. The van der Waals surface area contributed by atoms with Crippen LogP contribution in [0.5, 0.6) is 5.75 Å². The summed E-state index contributed by atoms with van der Waals surface area (Å²) < 4.78 is 17.9. The van der Waals surface area contributed by atoms with Gasteiger partial charge in [0.2, 0.25) is 0 Å². The molecule has 1 aliphatic rings. The van der Waals surface area contributed by atoms with Crippen molar-refractivity contribution < 1.29 is 14.0 Å². The summed E-state index contributed by atoms with van der Waals surface area (Å²) in [6, 6.07) is 14.1. The zero-order valence-corrected chi connectivity index (χ0v) is 20.4. The predicted octanol–water partition coefficient (Wildman–Crippen LogP) is 5.45. The Morgan fingerprint density at radius 3 is 2.13 bits per heavy atom. The van der Waals surface area contributed by atoms with E-state index in [0.29, 0.717) is 28.8 Å². The van der Waals surface area contributed by atoms with E-state index >= 15 is 0 Å². The molecule has 1 aliphatic heterocycles. The van der Waals surface area contributed by atoms with Gasteiger partial charge >= 0.3 is 7.12 Å². The highest BCUT2D eigenvalue weighted by atomic mass is 35.5. The van der Waals surface area contributed by atoms with Crippen molar-refractivity contribution in [3.63, 3.8) is 0 Å². The molecular weight excluding hydrogens is 432 g/mol. The summed E-state index contributed by atoms with van der Waals surface area (Å²) in [5.74, 6) is 0.698. The summed E-state index contributed by atoms with van der Waals surface area (Å²) in [6.45, 7) is 12.7. The molecule has 0 atom stereocenters. The molecule has 1 saturated heterocycles. The molecule has 0 unspecified atom stereocenters. The minimum absolute atomic E-state index is 0.291. The molecule has 0 amide bonds. The molecule has 4 nitrogen and oxygen atoms in total. The van der Waals surface area contributed by atoms with Gasteiger partial charge in [-0.2, -0.15) is 5.26 Å². The van der Waals surface area contributed by atoms with Gasteiger partial charge in [0.15, 0.2) is 5.75 Å². The first-order valence-corrected chi connectivity index (χ1v) is 11.2. The van der Waals surface area contributed by atoms with Crippen LogP contribution in [0.1, 0.15) is 58.2 Å². The molecule has 0 bridgehead atoms. The lowest BCUT2D eigenvalue weighted by atomic mass is 9.74. The van der Waals surface area contributed by atoms with Gasteiger partial charge in [-0.3, -0.25) is 0 Å². The molecule has 31 heavy (non-hydrogen) atoms. The number of ether oxygens (including phenoxy) is 1. The first-order chi connectivity index (χ1) is 14.4. The van der Waals surface area contributed by atoms with Crippen molar-refractivity contribution in [2.75, 3.05) is 12.5 Å². The van der Waals surface area contributed by atoms with Crippen molar-refractivity contribution in [1.29, 1.82) is 5.26 Å². The van der Waals surface area contributed by atoms with Crippen LogP contribution in [0.25, 0.3) is 0 Å². The molecule has 2 aromatic rings. The summed E-state index contributed by atoms with van der Waals surface area (Å²) >= 11 is 12.2. The van der Waals surface area contributed by atoms with Crippen LogP contribution in [0.2, 0.25) is 5.02 Å². The van der Waals surface area contributed by atoms with Gasteiger partial charge in [0, 0.05) is 5.41 Å². The van der Waals surface area contributed by atoms with E-state index in [-0.39, 0.29) is 16.6 Å². The van der Waals surface area contributed by atoms with Crippen molar-refractivity contribution in [1.82, 2.24) is 0 Å².